The molecule has 0 spiro atoms. The summed E-state index contributed by atoms with van der Waals surface area (Å²) in [7, 11) is 0. The van der Waals surface area contributed by atoms with E-state index in [1.807, 2.05) is 6.08 Å². The monoisotopic (exact) mass is 280 g/mol. The first-order valence-corrected chi connectivity index (χ1v) is 8.41. The van der Waals surface area contributed by atoms with Crippen LogP contribution >= 0.6 is 0 Å². The van der Waals surface area contributed by atoms with Crippen LogP contribution in [-0.4, -0.2) is 12.1 Å². The maximum Gasteiger partial charge on any atom is 0.136 e. The first kappa shape index (κ1) is 19.1. The Morgan fingerprint density at radius 1 is 0.800 bits per heavy atom. The molecular weight excluding hydrogens is 248 g/mol. The molecule has 0 aromatic rings. The van der Waals surface area contributed by atoms with Crippen molar-refractivity contribution in [3.63, 3.8) is 0 Å². The normalized spacial score (nSPS) is 11.1. The van der Waals surface area contributed by atoms with Gasteiger partial charge >= 0.3 is 0 Å². The van der Waals surface area contributed by atoms with E-state index in [1.165, 1.54) is 44.9 Å². The summed E-state index contributed by atoms with van der Waals surface area (Å²) in [6.07, 6.45) is 18.9. The number of hydrogen-bond acceptors (Lipinski definition) is 2. The Labute approximate surface area is 125 Å². The smallest absolute Gasteiger partial charge is 0.136 e. The molecule has 0 saturated heterocycles. The van der Waals surface area contributed by atoms with Crippen molar-refractivity contribution in [3.8, 4) is 0 Å². The molecule has 0 heterocycles. The van der Waals surface area contributed by atoms with Gasteiger partial charge in [0, 0.05) is 19.3 Å². The molecule has 0 amide bonds. The highest BCUT2D eigenvalue weighted by Gasteiger charge is 1.98. The molecule has 0 aliphatic heterocycles. The second-order valence-electron chi connectivity index (χ2n) is 5.54. The van der Waals surface area contributed by atoms with Crippen molar-refractivity contribution >= 4 is 12.1 Å². The van der Waals surface area contributed by atoms with Gasteiger partial charge in [0.1, 0.15) is 12.1 Å². The van der Waals surface area contributed by atoms with E-state index in [4.69, 9.17) is 0 Å². The molecule has 0 N–H and O–H groups in total. The first-order valence-electron chi connectivity index (χ1n) is 8.41. The van der Waals surface area contributed by atoms with E-state index in [2.05, 4.69) is 13.0 Å². The molecule has 0 fully saturated rings. The van der Waals surface area contributed by atoms with Crippen LogP contribution in [0.25, 0.3) is 0 Å². The molecule has 20 heavy (non-hydrogen) atoms. The number of unbranched alkanes of at least 4 members (excludes halogenated alkanes) is 9. The summed E-state index contributed by atoms with van der Waals surface area (Å²) in [4.78, 5) is 21.7. The molecule has 0 atom stereocenters. The lowest BCUT2D eigenvalue weighted by Gasteiger charge is -1.98. The Morgan fingerprint density at radius 2 is 1.45 bits per heavy atom. The number of allylic oxidation sites excluding steroid dienone is 2. The van der Waals surface area contributed by atoms with Crippen molar-refractivity contribution in [1.82, 2.24) is 0 Å². The summed E-state index contributed by atoms with van der Waals surface area (Å²) in [5.41, 5.74) is 0. The lowest BCUT2D eigenvalue weighted by atomic mass is 10.1. The van der Waals surface area contributed by atoms with Gasteiger partial charge in [0.15, 0.2) is 0 Å². The highest BCUT2D eigenvalue weighted by atomic mass is 16.1. The van der Waals surface area contributed by atoms with E-state index < -0.39 is 0 Å². The summed E-state index contributed by atoms with van der Waals surface area (Å²) >= 11 is 0. The molecule has 116 valence electrons. The number of carbonyl (C=O) groups is 2. The fourth-order valence-corrected chi connectivity index (χ4v) is 2.20. The molecule has 0 aliphatic carbocycles. The zero-order valence-corrected chi connectivity index (χ0v) is 13.2. The largest absolute Gasteiger partial charge is 0.303 e. The number of Topliss-reactive ketones (excluding diaryl/α,β-unsaturated/α-hetero) is 1. The van der Waals surface area contributed by atoms with Crippen LogP contribution < -0.4 is 0 Å². The summed E-state index contributed by atoms with van der Waals surface area (Å²) in [6.45, 7) is 2.19. The zero-order valence-electron chi connectivity index (χ0n) is 13.2. The fourth-order valence-electron chi connectivity index (χ4n) is 2.20. The van der Waals surface area contributed by atoms with Crippen molar-refractivity contribution in [2.24, 2.45) is 0 Å². The van der Waals surface area contributed by atoms with Crippen LogP contribution in [0.3, 0.4) is 0 Å². The van der Waals surface area contributed by atoms with E-state index in [0.717, 1.165) is 32.0 Å². The van der Waals surface area contributed by atoms with E-state index in [9.17, 15) is 9.59 Å². The molecule has 0 radical (unpaired) electrons. The Hall–Kier alpha value is -0.920. The minimum absolute atomic E-state index is 0.381. The van der Waals surface area contributed by atoms with Gasteiger partial charge in [-0.1, -0.05) is 57.6 Å². The average molecular weight is 280 g/mol. The second-order valence-corrected chi connectivity index (χ2v) is 5.54. The van der Waals surface area contributed by atoms with Crippen molar-refractivity contribution in [2.75, 3.05) is 0 Å². The van der Waals surface area contributed by atoms with Gasteiger partial charge < -0.3 is 4.79 Å². The van der Waals surface area contributed by atoms with Crippen LogP contribution in [0, 0.1) is 0 Å². The molecule has 2 heteroatoms. The van der Waals surface area contributed by atoms with E-state index in [-0.39, 0.29) is 0 Å². The minimum Gasteiger partial charge on any atom is -0.303 e. The van der Waals surface area contributed by atoms with Gasteiger partial charge in [0.25, 0.3) is 0 Å². The molecule has 0 unspecified atom stereocenters. The third-order valence-corrected chi connectivity index (χ3v) is 3.51. The Kier molecular flexibility index (Phi) is 15.4. The van der Waals surface area contributed by atoms with Gasteiger partial charge in [-0.15, -0.1) is 0 Å². The van der Waals surface area contributed by atoms with Crippen LogP contribution in [0.2, 0.25) is 0 Å². The summed E-state index contributed by atoms with van der Waals surface area (Å²) in [5, 5.41) is 0. The lowest BCUT2D eigenvalue weighted by molar-refractivity contribution is -0.118. The number of carbonyl (C=O) groups excluding carboxylic acids is 2. The van der Waals surface area contributed by atoms with Crippen molar-refractivity contribution in [1.29, 1.82) is 0 Å². The molecule has 2 nitrogen and oxygen atoms in total. The molecule has 0 aromatic carbocycles. The fraction of sp³-hybridized carbons (Fsp3) is 0.778. The maximum atomic E-state index is 11.6. The van der Waals surface area contributed by atoms with Gasteiger partial charge in [-0.3, -0.25) is 4.79 Å². The van der Waals surface area contributed by atoms with Gasteiger partial charge in [0.2, 0.25) is 0 Å². The maximum absolute atomic E-state index is 11.6. The van der Waals surface area contributed by atoms with Crippen molar-refractivity contribution < 1.29 is 9.59 Å². The standard InChI is InChI=1S/C18H32O2/c1-2-3-4-12-15-18(20)16-13-10-8-6-5-7-9-11-14-17-19/h10,13,17H,2-9,11-12,14-16H2,1H3/b13-10-. The highest BCUT2D eigenvalue weighted by Crippen LogP contribution is 2.08. The molecule has 0 aromatic heterocycles. The molecule has 0 aliphatic rings. The highest BCUT2D eigenvalue weighted by molar-refractivity contribution is 5.79. The number of aldehydes is 1. The predicted molar refractivity (Wildman–Crippen MR) is 85.9 cm³/mol. The molecule has 0 saturated carbocycles. The molecule has 0 rings (SSSR count). The summed E-state index contributed by atoms with van der Waals surface area (Å²) < 4.78 is 0. The average Bonchev–Trinajstić information content (AvgIpc) is 2.45. The Bertz CT molecular complexity index is 256. The van der Waals surface area contributed by atoms with Crippen LogP contribution in [0.4, 0.5) is 0 Å². The Balaban J connectivity index is 3.25. The predicted octanol–water partition coefficient (Wildman–Crippen LogP) is 5.40. The molecular formula is C18H32O2. The second kappa shape index (κ2) is 16.1. The van der Waals surface area contributed by atoms with Gasteiger partial charge in [0.05, 0.1) is 0 Å². The first-order chi connectivity index (χ1) is 9.81. The van der Waals surface area contributed by atoms with Crippen molar-refractivity contribution in [2.45, 2.75) is 90.4 Å². The van der Waals surface area contributed by atoms with Crippen LogP contribution in [0.5, 0.6) is 0 Å². The van der Waals surface area contributed by atoms with Crippen LogP contribution in [-0.2, 0) is 9.59 Å². The van der Waals surface area contributed by atoms with Gasteiger partial charge in [-0.05, 0) is 25.7 Å². The van der Waals surface area contributed by atoms with Gasteiger partial charge in [-0.25, -0.2) is 0 Å². The van der Waals surface area contributed by atoms with E-state index in [0.29, 0.717) is 18.6 Å². The van der Waals surface area contributed by atoms with E-state index >= 15 is 0 Å². The quantitative estimate of drug-likeness (QED) is 0.228. The van der Waals surface area contributed by atoms with Crippen molar-refractivity contribution in [3.05, 3.63) is 12.2 Å². The molecule has 0 bridgehead atoms. The number of ketones is 1. The third-order valence-electron chi connectivity index (χ3n) is 3.51. The van der Waals surface area contributed by atoms with Crippen LogP contribution in [0.1, 0.15) is 90.4 Å². The zero-order chi connectivity index (χ0) is 14.9. The number of hydrogen-bond donors (Lipinski definition) is 0. The lowest BCUT2D eigenvalue weighted by Crippen LogP contribution is -1.95. The van der Waals surface area contributed by atoms with Gasteiger partial charge in [-0.2, -0.15) is 0 Å². The SMILES string of the molecule is CCCCCCC(=O)C/C=C\CCCCCCCC=O. The third kappa shape index (κ3) is 15.1. The summed E-state index contributed by atoms with van der Waals surface area (Å²) in [5.74, 6) is 0.381. The summed E-state index contributed by atoms with van der Waals surface area (Å²) in [6, 6.07) is 0. The van der Waals surface area contributed by atoms with Crippen LogP contribution in [0.15, 0.2) is 12.2 Å². The Morgan fingerprint density at radius 3 is 2.15 bits per heavy atom. The number of rotatable bonds is 15. The van der Waals surface area contributed by atoms with E-state index in [1.54, 1.807) is 0 Å². The topological polar surface area (TPSA) is 34.1 Å². The minimum atomic E-state index is 0.381.